The third-order valence-corrected chi connectivity index (χ3v) is 3.29. The van der Waals surface area contributed by atoms with Crippen molar-refractivity contribution in [1.82, 2.24) is 24.9 Å². The monoisotopic (exact) mass is 291 g/mol. The molecule has 0 unspecified atom stereocenters. The molecule has 0 radical (unpaired) electrons. The minimum Gasteiger partial charge on any atom is -0.368 e. The van der Waals surface area contributed by atoms with E-state index in [1.54, 1.807) is 16.7 Å². The summed E-state index contributed by atoms with van der Waals surface area (Å²) in [7, 11) is 3.73. The molecule has 20 heavy (non-hydrogen) atoms. The molecule has 2 N–H and O–H groups in total. The summed E-state index contributed by atoms with van der Waals surface area (Å²) >= 11 is 1.55. The molecule has 2 heterocycles. The Bertz CT molecular complexity index is 594. The average molecular weight is 291 g/mol. The van der Waals surface area contributed by atoms with Crippen molar-refractivity contribution in [3.05, 3.63) is 23.4 Å². The van der Waals surface area contributed by atoms with Gasteiger partial charge < -0.3 is 10.6 Å². The first kappa shape index (κ1) is 14.4. The first-order chi connectivity index (χ1) is 9.44. The van der Waals surface area contributed by atoms with E-state index in [9.17, 15) is 0 Å². The van der Waals surface area contributed by atoms with E-state index in [0.29, 0.717) is 17.5 Å². The smallest absolute Gasteiger partial charge is 0.229 e. The SMILES string of the molecule is Cc1cc(SCc2nc(N)nc(N(C)C)n2)nc(C)n1. The molecule has 0 amide bonds. The second-order valence-corrected chi connectivity index (χ2v) is 5.48. The number of nitrogen functional groups attached to an aromatic ring is 1. The lowest BCUT2D eigenvalue weighted by atomic mass is 10.4. The number of thioether (sulfide) groups is 1. The van der Waals surface area contributed by atoms with Crippen LogP contribution >= 0.6 is 11.8 Å². The molecule has 0 aliphatic heterocycles. The van der Waals surface area contributed by atoms with Gasteiger partial charge in [0, 0.05) is 19.8 Å². The van der Waals surface area contributed by atoms with Gasteiger partial charge in [0.15, 0.2) is 0 Å². The molecule has 106 valence electrons. The molecule has 0 saturated heterocycles. The number of nitrogens with zero attached hydrogens (tertiary/aromatic N) is 6. The normalized spacial score (nSPS) is 10.6. The maximum Gasteiger partial charge on any atom is 0.229 e. The van der Waals surface area contributed by atoms with E-state index in [2.05, 4.69) is 24.9 Å². The lowest BCUT2D eigenvalue weighted by Gasteiger charge is -2.11. The van der Waals surface area contributed by atoms with Crippen molar-refractivity contribution in [3.63, 3.8) is 0 Å². The molecule has 0 aliphatic rings. The molecule has 0 atom stereocenters. The van der Waals surface area contributed by atoms with Crippen LogP contribution in [-0.2, 0) is 5.75 Å². The van der Waals surface area contributed by atoms with Crippen molar-refractivity contribution in [2.45, 2.75) is 24.6 Å². The van der Waals surface area contributed by atoms with Crippen molar-refractivity contribution < 1.29 is 0 Å². The van der Waals surface area contributed by atoms with Crippen molar-refractivity contribution in [2.75, 3.05) is 24.7 Å². The molecular weight excluding hydrogens is 274 g/mol. The number of aromatic nitrogens is 5. The van der Waals surface area contributed by atoms with Crippen LogP contribution in [0.15, 0.2) is 11.1 Å². The molecule has 0 aliphatic carbocycles. The first-order valence-corrected chi connectivity index (χ1v) is 7.05. The molecule has 0 spiro atoms. The minimum absolute atomic E-state index is 0.231. The van der Waals surface area contributed by atoms with Gasteiger partial charge >= 0.3 is 0 Å². The minimum atomic E-state index is 0.231. The highest BCUT2D eigenvalue weighted by Crippen LogP contribution is 2.20. The Labute approximate surface area is 122 Å². The molecule has 2 rings (SSSR count). The molecule has 2 aromatic rings. The van der Waals surface area contributed by atoms with Crippen molar-refractivity contribution >= 4 is 23.7 Å². The highest BCUT2D eigenvalue weighted by molar-refractivity contribution is 7.98. The summed E-state index contributed by atoms with van der Waals surface area (Å²) in [5.41, 5.74) is 6.64. The van der Waals surface area contributed by atoms with Gasteiger partial charge in [0.1, 0.15) is 16.7 Å². The Kier molecular flexibility index (Phi) is 4.33. The van der Waals surface area contributed by atoms with Crippen LogP contribution in [0.3, 0.4) is 0 Å². The van der Waals surface area contributed by atoms with Crippen LogP contribution in [0.2, 0.25) is 0 Å². The number of hydrogen-bond donors (Lipinski definition) is 1. The zero-order valence-electron chi connectivity index (χ0n) is 12.0. The Morgan fingerprint density at radius 2 is 1.85 bits per heavy atom. The van der Waals surface area contributed by atoms with E-state index in [0.717, 1.165) is 16.5 Å². The highest BCUT2D eigenvalue weighted by atomic mass is 32.2. The quantitative estimate of drug-likeness (QED) is 0.664. The van der Waals surface area contributed by atoms with Crippen molar-refractivity contribution in [2.24, 2.45) is 0 Å². The van der Waals surface area contributed by atoms with E-state index < -0.39 is 0 Å². The Morgan fingerprint density at radius 1 is 1.10 bits per heavy atom. The third kappa shape index (κ3) is 3.77. The predicted octanol–water partition coefficient (Wildman–Crippen LogP) is 1.22. The maximum absolute atomic E-state index is 5.69. The van der Waals surface area contributed by atoms with E-state index >= 15 is 0 Å². The molecular formula is C12H17N7S. The number of anilines is 2. The van der Waals surface area contributed by atoms with Crippen LogP contribution in [0.25, 0.3) is 0 Å². The van der Waals surface area contributed by atoms with Gasteiger partial charge in [-0.1, -0.05) is 11.8 Å². The maximum atomic E-state index is 5.69. The second kappa shape index (κ2) is 6.00. The summed E-state index contributed by atoms with van der Waals surface area (Å²) in [5, 5.41) is 0.903. The number of aryl methyl sites for hydroxylation is 2. The van der Waals surface area contributed by atoms with E-state index in [1.807, 2.05) is 34.0 Å². The van der Waals surface area contributed by atoms with Crippen LogP contribution in [0.5, 0.6) is 0 Å². The molecule has 7 nitrogen and oxygen atoms in total. The Morgan fingerprint density at radius 3 is 2.50 bits per heavy atom. The average Bonchev–Trinajstić information content (AvgIpc) is 2.34. The Hall–Kier alpha value is -1.96. The van der Waals surface area contributed by atoms with Crippen LogP contribution < -0.4 is 10.6 Å². The largest absolute Gasteiger partial charge is 0.368 e. The van der Waals surface area contributed by atoms with Gasteiger partial charge in [0.2, 0.25) is 11.9 Å². The topological polar surface area (TPSA) is 93.7 Å². The van der Waals surface area contributed by atoms with Crippen LogP contribution in [0.4, 0.5) is 11.9 Å². The van der Waals surface area contributed by atoms with Crippen molar-refractivity contribution in [1.29, 1.82) is 0 Å². The van der Waals surface area contributed by atoms with Gasteiger partial charge in [-0.15, -0.1) is 0 Å². The fourth-order valence-electron chi connectivity index (χ4n) is 1.59. The molecule has 0 fully saturated rings. The van der Waals surface area contributed by atoms with E-state index in [1.165, 1.54) is 0 Å². The second-order valence-electron chi connectivity index (χ2n) is 4.49. The standard InChI is InChI=1S/C12H17N7S/c1-7-5-10(15-8(2)14-7)20-6-9-16-11(13)18-12(17-9)19(3)4/h5H,6H2,1-4H3,(H2,13,16,17,18). The fraction of sp³-hybridized carbons (Fsp3) is 0.417. The fourth-order valence-corrected chi connectivity index (χ4v) is 2.44. The zero-order chi connectivity index (χ0) is 14.7. The van der Waals surface area contributed by atoms with Gasteiger partial charge in [0.05, 0.1) is 5.75 Å². The molecule has 0 saturated carbocycles. The molecule has 0 bridgehead atoms. The lowest BCUT2D eigenvalue weighted by Crippen LogP contribution is -2.15. The summed E-state index contributed by atoms with van der Waals surface area (Å²) in [6.07, 6.45) is 0. The van der Waals surface area contributed by atoms with Crippen LogP contribution in [-0.4, -0.2) is 39.0 Å². The molecule has 0 aromatic carbocycles. The highest BCUT2D eigenvalue weighted by Gasteiger charge is 2.08. The van der Waals surface area contributed by atoms with Crippen LogP contribution in [0.1, 0.15) is 17.3 Å². The molecule has 2 aromatic heterocycles. The molecule has 8 heteroatoms. The summed E-state index contributed by atoms with van der Waals surface area (Å²) in [6.45, 7) is 3.83. The summed E-state index contributed by atoms with van der Waals surface area (Å²) in [6, 6.07) is 1.94. The Balaban J connectivity index is 2.14. The van der Waals surface area contributed by atoms with Crippen LogP contribution in [0, 0.1) is 13.8 Å². The van der Waals surface area contributed by atoms with Gasteiger partial charge in [0.25, 0.3) is 0 Å². The van der Waals surface area contributed by atoms with Gasteiger partial charge in [-0.25, -0.2) is 9.97 Å². The van der Waals surface area contributed by atoms with Gasteiger partial charge in [-0.2, -0.15) is 15.0 Å². The summed E-state index contributed by atoms with van der Waals surface area (Å²) < 4.78 is 0. The number of hydrogen-bond acceptors (Lipinski definition) is 8. The summed E-state index contributed by atoms with van der Waals surface area (Å²) in [5.74, 6) is 2.78. The van der Waals surface area contributed by atoms with Gasteiger partial charge in [-0.05, 0) is 19.9 Å². The number of nitrogens with two attached hydrogens (primary N) is 1. The van der Waals surface area contributed by atoms with Gasteiger partial charge in [-0.3, -0.25) is 0 Å². The van der Waals surface area contributed by atoms with Crippen molar-refractivity contribution in [3.8, 4) is 0 Å². The zero-order valence-corrected chi connectivity index (χ0v) is 12.8. The summed E-state index contributed by atoms with van der Waals surface area (Å²) in [4.78, 5) is 23.0. The first-order valence-electron chi connectivity index (χ1n) is 6.07. The third-order valence-electron chi connectivity index (χ3n) is 2.38. The van der Waals surface area contributed by atoms with E-state index in [-0.39, 0.29) is 5.95 Å². The predicted molar refractivity (Wildman–Crippen MR) is 79.6 cm³/mol. The number of rotatable bonds is 4. The van der Waals surface area contributed by atoms with E-state index in [4.69, 9.17) is 5.73 Å². The lowest BCUT2D eigenvalue weighted by molar-refractivity contribution is 0.912.